The van der Waals surface area contributed by atoms with Gasteiger partial charge in [-0.3, -0.25) is 0 Å². The van der Waals surface area contributed by atoms with Crippen molar-refractivity contribution in [3.05, 3.63) is 46.2 Å². The van der Waals surface area contributed by atoms with Crippen LogP contribution in [0.15, 0.2) is 35.4 Å². The van der Waals surface area contributed by atoms with Crippen molar-refractivity contribution in [3.63, 3.8) is 0 Å². The first-order valence-corrected chi connectivity index (χ1v) is 8.00. The molecule has 1 aromatic carbocycles. The SMILES string of the molecule is CCc1cnc(CNS(=O)(=O)c2ccccc2F)s1. The summed E-state index contributed by atoms with van der Waals surface area (Å²) in [6.07, 6.45) is 2.58. The summed E-state index contributed by atoms with van der Waals surface area (Å²) in [6.45, 7) is 2.07. The van der Waals surface area contributed by atoms with E-state index in [0.29, 0.717) is 5.01 Å². The zero-order valence-electron chi connectivity index (χ0n) is 10.3. The van der Waals surface area contributed by atoms with Crippen molar-refractivity contribution in [1.29, 1.82) is 0 Å². The molecular weight excluding hydrogens is 287 g/mol. The molecule has 0 unspecified atom stereocenters. The number of hydrogen-bond donors (Lipinski definition) is 1. The Morgan fingerprint density at radius 1 is 1.37 bits per heavy atom. The fourth-order valence-electron chi connectivity index (χ4n) is 1.49. The molecule has 0 amide bonds. The zero-order valence-corrected chi connectivity index (χ0v) is 11.9. The van der Waals surface area contributed by atoms with Gasteiger partial charge in [0, 0.05) is 11.1 Å². The third-order valence-corrected chi connectivity index (χ3v) is 5.07. The van der Waals surface area contributed by atoms with Crippen molar-refractivity contribution in [2.45, 2.75) is 24.8 Å². The average molecular weight is 300 g/mol. The van der Waals surface area contributed by atoms with Crippen LogP contribution >= 0.6 is 11.3 Å². The number of aromatic nitrogens is 1. The first kappa shape index (κ1) is 14.1. The van der Waals surface area contributed by atoms with Crippen LogP contribution in [-0.4, -0.2) is 13.4 Å². The van der Waals surface area contributed by atoms with Crippen molar-refractivity contribution >= 4 is 21.4 Å². The number of nitrogens with one attached hydrogen (secondary N) is 1. The standard InChI is InChI=1S/C12H13FN2O2S2/c1-2-9-7-14-12(18-9)8-15-19(16,17)11-6-4-3-5-10(11)13/h3-7,15H,2,8H2,1H3. The van der Waals surface area contributed by atoms with Gasteiger partial charge in [-0.15, -0.1) is 11.3 Å². The summed E-state index contributed by atoms with van der Waals surface area (Å²) in [4.78, 5) is 4.84. The Balaban J connectivity index is 2.12. The van der Waals surface area contributed by atoms with Crippen LogP contribution in [0.2, 0.25) is 0 Å². The molecule has 0 radical (unpaired) electrons. The van der Waals surface area contributed by atoms with Crippen LogP contribution in [0.5, 0.6) is 0 Å². The van der Waals surface area contributed by atoms with Gasteiger partial charge in [-0.25, -0.2) is 22.5 Å². The first-order chi connectivity index (χ1) is 9.03. The monoisotopic (exact) mass is 300 g/mol. The van der Waals surface area contributed by atoms with E-state index in [4.69, 9.17) is 0 Å². The Morgan fingerprint density at radius 2 is 2.11 bits per heavy atom. The minimum atomic E-state index is -3.84. The molecule has 0 fully saturated rings. The molecular formula is C12H13FN2O2S2. The Kier molecular flexibility index (Phi) is 4.28. The van der Waals surface area contributed by atoms with Gasteiger partial charge in [0.05, 0.1) is 6.54 Å². The van der Waals surface area contributed by atoms with E-state index in [1.807, 2.05) is 6.92 Å². The molecule has 0 aliphatic heterocycles. The summed E-state index contributed by atoms with van der Waals surface area (Å²) in [7, 11) is -3.84. The fraction of sp³-hybridized carbons (Fsp3) is 0.250. The molecule has 2 rings (SSSR count). The molecule has 1 N–H and O–H groups in total. The van der Waals surface area contributed by atoms with Gasteiger partial charge in [0.1, 0.15) is 15.7 Å². The van der Waals surface area contributed by atoms with Crippen LogP contribution in [0.1, 0.15) is 16.8 Å². The Bertz CT molecular complexity index is 668. The highest BCUT2D eigenvalue weighted by Gasteiger charge is 2.18. The van der Waals surface area contributed by atoms with E-state index in [1.54, 1.807) is 6.20 Å². The van der Waals surface area contributed by atoms with Crippen molar-refractivity contribution < 1.29 is 12.8 Å². The van der Waals surface area contributed by atoms with Crippen molar-refractivity contribution in [1.82, 2.24) is 9.71 Å². The lowest BCUT2D eigenvalue weighted by Gasteiger charge is -2.05. The van der Waals surface area contributed by atoms with Gasteiger partial charge in [0.15, 0.2) is 0 Å². The van der Waals surface area contributed by atoms with E-state index < -0.39 is 15.8 Å². The molecule has 1 aromatic heterocycles. The van der Waals surface area contributed by atoms with Crippen molar-refractivity contribution in [2.75, 3.05) is 0 Å². The topological polar surface area (TPSA) is 59.1 Å². The lowest BCUT2D eigenvalue weighted by atomic mass is 10.4. The maximum atomic E-state index is 13.4. The normalized spacial score (nSPS) is 11.7. The van der Waals surface area contributed by atoms with Crippen LogP contribution in [0.3, 0.4) is 0 Å². The van der Waals surface area contributed by atoms with E-state index in [1.165, 1.54) is 29.5 Å². The molecule has 0 aliphatic rings. The molecule has 7 heteroatoms. The molecule has 0 spiro atoms. The number of aryl methyl sites for hydroxylation is 1. The van der Waals surface area contributed by atoms with Gasteiger partial charge >= 0.3 is 0 Å². The maximum Gasteiger partial charge on any atom is 0.243 e. The highest BCUT2D eigenvalue weighted by atomic mass is 32.2. The summed E-state index contributed by atoms with van der Waals surface area (Å²) >= 11 is 1.44. The predicted molar refractivity (Wildman–Crippen MR) is 71.9 cm³/mol. The molecule has 0 atom stereocenters. The molecule has 0 bridgehead atoms. The van der Waals surface area contributed by atoms with E-state index in [9.17, 15) is 12.8 Å². The molecule has 0 saturated heterocycles. The third kappa shape index (κ3) is 3.37. The molecule has 102 valence electrons. The average Bonchev–Trinajstić information content (AvgIpc) is 2.85. The minimum absolute atomic E-state index is 0.0708. The molecule has 19 heavy (non-hydrogen) atoms. The van der Waals surface area contributed by atoms with Gasteiger partial charge < -0.3 is 0 Å². The Hall–Kier alpha value is -1.31. The number of sulfonamides is 1. The summed E-state index contributed by atoms with van der Waals surface area (Å²) in [6, 6.07) is 5.28. The van der Waals surface area contributed by atoms with Crippen molar-refractivity contribution in [2.24, 2.45) is 0 Å². The summed E-state index contributed by atoms with van der Waals surface area (Å²) in [5.74, 6) is -0.761. The number of halogens is 1. The lowest BCUT2D eigenvalue weighted by molar-refractivity contribution is 0.556. The highest BCUT2D eigenvalue weighted by molar-refractivity contribution is 7.89. The smallest absolute Gasteiger partial charge is 0.243 e. The zero-order chi connectivity index (χ0) is 13.9. The molecule has 0 aliphatic carbocycles. The maximum absolute atomic E-state index is 13.4. The largest absolute Gasteiger partial charge is 0.248 e. The van der Waals surface area contributed by atoms with E-state index >= 15 is 0 Å². The molecule has 4 nitrogen and oxygen atoms in total. The van der Waals surface area contributed by atoms with E-state index in [2.05, 4.69) is 9.71 Å². The summed E-state index contributed by atoms with van der Waals surface area (Å²) in [5.41, 5.74) is 0. The second-order valence-corrected chi connectivity index (χ2v) is 6.76. The fourth-order valence-corrected chi connectivity index (χ4v) is 3.45. The summed E-state index contributed by atoms with van der Waals surface area (Å²) < 4.78 is 39.6. The van der Waals surface area contributed by atoms with E-state index in [0.717, 1.165) is 17.4 Å². The van der Waals surface area contributed by atoms with Gasteiger partial charge in [-0.2, -0.15) is 0 Å². The molecule has 0 saturated carbocycles. The predicted octanol–water partition coefficient (Wildman–Crippen LogP) is 2.32. The quantitative estimate of drug-likeness (QED) is 0.922. The lowest BCUT2D eigenvalue weighted by Crippen LogP contribution is -2.24. The van der Waals surface area contributed by atoms with Crippen LogP contribution in [0, 0.1) is 5.82 Å². The highest BCUT2D eigenvalue weighted by Crippen LogP contribution is 2.16. The number of thiazole rings is 1. The van der Waals surface area contributed by atoms with Crippen LogP contribution in [-0.2, 0) is 23.0 Å². The summed E-state index contributed by atoms with van der Waals surface area (Å²) in [5, 5.41) is 0.664. The number of hydrogen-bond acceptors (Lipinski definition) is 4. The third-order valence-electron chi connectivity index (χ3n) is 2.49. The second kappa shape index (κ2) is 5.77. The van der Waals surface area contributed by atoms with Crippen molar-refractivity contribution in [3.8, 4) is 0 Å². The van der Waals surface area contributed by atoms with Gasteiger partial charge in [0.2, 0.25) is 10.0 Å². The first-order valence-electron chi connectivity index (χ1n) is 5.70. The Labute approximate surface area is 115 Å². The second-order valence-electron chi connectivity index (χ2n) is 3.83. The van der Waals surface area contributed by atoms with Gasteiger partial charge in [-0.1, -0.05) is 19.1 Å². The van der Waals surface area contributed by atoms with Gasteiger partial charge in [-0.05, 0) is 18.6 Å². The van der Waals surface area contributed by atoms with Crippen LogP contribution < -0.4 is 4.72 Å². The van der Waals surface area contributed by atoms with Crippen LogP contribution in [0.25, 0.3) is 0 Å². The number of rotatable bonds is 5. The molecule has 2 aromatic rings. The van der Waals surface area contributed by atoms with E-state index in [-0.39, 0.29) is 11.4 Å². The Morgan fingerprint density at radius 3 is 2.74 bits per heavy atom. The number of benzene rings is 1. The van der Waals surface area contributed by atoms with Crippen LogP contribution in [0.4, 0.5) is 4.39 Å². The minimum Gasteiger partial charge on any atom is -0.248 e. The number of nitrogens with zero attached hydrogens (tertiary/aromatic N) is 1. The molecule has 1 heterocycles. The van der Waals surface area contributed by atoms with Gasteiger partial charge in [0.25, 0.3) is 0 Å².